The predicted octanol–water partition coefficient (Wildman–Crippen LogP) is 1.86. The second-order valence-corrected chi connectivity index (χ2v) is 4.86. The van der Waals surface area contributed by atoms with Crippen LogP contribution >= 0.6 is 0 Å². The van der Waals surface area contributed by atoms with Gasteiger partial charge in [0.15, 0.2) is 0 Å². The molecule has 1 heterocycles. The zero-order chi connectivity index (χ0) is 9.80. The van der Waals surface area contributed by atoms with Crippen LogP contribution in [0, 0.1) is 5.92 Å². The summed E-state index contributed by atoms with van der Waals surface area (Å²) in [5.41, 5.74) is 0. The molecule has 1 saturated carbocycles. The van der Waals surface area contributed by atoms with E-state index < -0.39 is 0 Å². The lowest BCUT2D eigenvalue weighted by atomic mass is 9.96. The van der Waals surface area contributed by atoms with Gasteiger partial charge >= 0.3 is 0 Å². The van der Waals surface area contributed by atoms with E-state index in [4.69, 9.17) is 0 Å². The van der Waals surface area contributed by atoms with Crippen molar-refractivity contribution in [3.05, 3.63) is 0 Å². The molecular formula is C12H24N2. The first kappa shape index (κ1) is 10.4. The molecule has 2 heteroatoms. The van der Waals surface area contributed by atoms with Crippen LogP contribution in [0.15, 0.2) is 0 Å². The second-order valence-electron chi connectivity index (χ2n) is 4.86. The van der Waals surface area contributed by atoms with Crippen LogP contribution in [-0.2, 0) is 0 Å². The van der Waals surface area contributed by atoms with Gasteiger partial charge in [0, 0.05) is 6.04 Å². The highest BCUT2D eigenvalue weighted by Crippen LogP contribution is 2.27. The topological polar surface area (TPSA) is 15.3 Å². The van der Waals surface area contributed by atoms with E-state index in [9.17, 15) is 0 Å². The first-order valence-electron chi connectivity index (χ1n) is 6.35. The molecule has 0 aromatic rings. The van der Waals surface area contributed by atoms with E-state index in [0.29, 0.717) is 0 Å². The molecule has 1 saturated heterocycles. The van der Waals surface area contributed by atoms with Crippen LogP contribution in [-0.4, -0.2) is 37.1 Å². The number of hydrogen-bond donors (Lipinski definition) is 1. The van der Waals surface area contributed by atoms with Gasteiger partial charge in [-0.3, -0.25) is 0 Å². The fourth-order valence-corrected chi connectivity index (χ4v) is 2.56. The monoisotopic (exact) mass is 196 g/mol. The first-order chi connectivity index (χ1) is 6.90. The number of piperidine rings is 1. The van der Waals surface area contributed by atoms with Gasteiger partial charge in [0.25, 0.3) is 0 Å². The highest BCUT2D eigenvalue weighted by molar-refractivity contribution is 4.84. The SMILES string of the molecule is CCN(CCC1CCCNC1)C1CC1. The Hall–Kier alpha value is -0.0800. The second kappa shape index (κ2) is 5.13. The van der Waals surface area contributed by atoms with E-state index in [0.717, 1.165) is 12.0 Å². The summed E-state index contributed by atoms with van der Waals surface area (Å²) in [6.07, 6.45) is 7.17. The molecule has 1 aliphatic heterocycles. The third-order valence-electron chi connectivity index (χ3n) is 3.69. The molecule has 14 heavy (non-hydrogen) atoms. The van der Waals surface area contributed by atoms with Crippen LogP contribution in [0.4, 0.5) is 0 Å². The molecule has 0 amide bonds. The van der Waals surface area contributed by atoms with Crippen LogP contribution in [0.25, 0.3) is 0 Å². The largest absolute Gasteiger partial charge is 0.316 e. The Kier molecular flexibility index (Phi) is 3.82. The van der Waals surface area contributed by atoms with Crippen molar-refractivity contribution in [2.24, 2.45) is 5.92 Å². The average Bonchev–Trinajstić information content (AvgIpc) is 3.05. The van der Waals surface area contributed by atoms with Crippen LogP contribution < -0.4 is 5.32 Å². The summed E-state index contributed by atoms with van der Waals surface area (Å²) in [7, 11) is 0. The Morgan fingerprint density at radius 1 is 1.29 bits per heavy atom. The van der Waals surface area contributed by atoms with Crippen LogP contribution in [0.1, 0.15) is 39.0 Å². The maximum atomic E-state index is 3.50. The zero-order valence-corrected chi connectivity index (χ0v) is 9.47. The van der Waals surface area contributed by atoms with Gasteiger partial charge in [-0.1, -0.05) is 6.92 Å². The minimum Gasteiger partial charge on any atom is -0.316 e. The van der Waals surface area contributed by atoms with Crippen LogP contribution in [0.5, 0.6) is 0 Å². The lowest BCUT2D eigenvalue weighted by molar-refractivity contribution is 0.238. The Morgan fingerprint density at radius 2 is 2.14 bits per heavy atom. The number of nitrogens with one attached hydrogen (secondary N) is 1. The van der Waals surface area contributed by atoms with E-state index in [1.54, 1.807) is 0 Å². The maximum absolute atomic E-state index is 3.50. The molecule has 0 spiro atoms. The third-order valence-corrected chi connectivity index (χ3v) is 3.69. The quantitative estimate of drug-likeness (QED) is 0.722. The molecule has 2 rings (SSSR count). The molecule has 2 fully saturated rings. The van der Waals surface area contributed by atoms with Gasteiger partial charge in [-0.25, -0.2) is 0 Å². The molecular weight excluding hydrogens is 172 g/mol. The molecule has 0 bridgehead atoms. The molecule has 0 aromatic carbocycles. The summed E-state index contributed by atoms with van der Waals surface area (Å²) in [5.74, 6) is 0.955. The van der Waals surface area contributed by atoms with Gasteiger partial charge in [-0.15, -0.1) is 0 Å². The van der Waals surface area contributed by atoms with Gasteiger partial charge in [-0.05, 0) is 64.2 Å². The zero-order valence-electron chi connectivity index (χ0n) is 9.47. The summed E-state index contributed by atoms with van der Waals surface area (Å²) in [6, 6.07) is 0.955. The fraction of sp³-hybridized carbons (Fsp3) is 1.00. The van der Waals surface area contributed by atoms with Crippen molar-refractivity contribution >= 4 is 0 Å². The normalized spacial score (nSPS) is 28.3. The van der Waals surface area contributed by atoms with Crippen molar-refractivity contribution in [3.8, 4) is 0 Å². The van der Waals surface area contributed by atoms with E-state index in [2.05, 4.69) is 17.1 Å². The van der Waals surface area contributed by atoms with Crippen LogP contribution in [0.2, 0.25) is 0 Å². The van der Waals surface area contributed by atoms with Gasteiger partial charge < -0.3 is 10.2 Å². The summed E-state index contributed by atoms with van der Waals surface area (Å²) < 4.78 is 0. The standard InChI is InChI=1S/C12H24N2/c1-2-14(12-5-6-12)9-7-11-4-3-8-13-10-11/h11-13H,2-10H2,1H3. The average molecular weight is 196 g/mol. The number of nitrogens with zero attached hydrogens (tertiary/aromatic N) is 1. The summed E-state index contributed by atoms with van der Waals surface area (Å²) in [6.45, 7) is 7.41. The highest BCUT2D eigenvalue weighted by atomic mass is 15.2. The van der Waals surface area contributed by atoms with Gasteiger partial charge in [0.2, 0.25) is 0 Å². The minimum absolute atomic E-state index is 0.955. The molecule has 1 atom stereocenters. The van der Waals surface area contributed by atoms with Crippen molar-refractivity contribution in [1.82, 2.24) is 10.2 Å². The Morgan fingerprint density at radius 3 is 2.71 bits per heavy atom. The first-order valence-corrected chi connectivity index (χ1v) is 6.35. The molecule has 0 radical (unpaired) electrons. The Labute approximate surface area is 88.1 Å². The molecule has 0 aromatic heterocycles. The smallest absolute Gasteiger partial charge is 0.00963 e. The Balaban J connectivity index is 1.63. The molecule has 2 aliphatic rings. The molecule has 1 aliphatic carbocycles. The molecule has 2 nitrogen and oxygen atoms in total. The molecule has 1 unspecified atom stereocenters. The van der Waals surface area contributed by atoms with E-state index in [-0.39, 0.29) is 0 Å². The van der Waals surface area contributed by atoms with E-state index in [1.807, 2.05) is 0 Å². The van der Waals surface area contributed by atoms with E-state index >= 15 is 0 Å². The lowest BCUT2D eigenvalue weighted by Gasteiger charge is -2.26. The predicted molar refractivity (Wildman–Crippen MR) is 60.5 cm³/mol. The highest BCUT2D eigenvalue weighted by Gasteiger charge is 2.27. The fourth-order valence-electron chi connectivity index (χ4n) is 2.56. The van der Waals surface area contributed by atoms with Crippen molar-refractivity contribution in [3.63, 3.8) is 0 Å². The van der Waals surface area contributed by atoms with Crippen molar-refractivity contribution in [1.29, 1.82) is 0 Å². The maximum Gasteiger partial charge on any atom is 0.00963 e. The van der Waals surface area contributed by atoms with Crippen molar-refractivity contribution < 1.29 is 0 Å². The molecule has 1 N–H and O–H groups in total. The third kappa shape index (κ3) is 2.96. The van der Waals surface area contributed by atoms with Crippen molar-refractivity contribution in [2.75, 3.05) is 26.2 Å². The number of rotatable bonds is 5. The van der Waals surface area contributed by atoms with Crippen LogP contribution in [0.3, 0.4) is 0 Å². The van der Waals surface area contributed by atoms with Gasteiger partial charge in [-0.2, -0.15) is 0 Å². The van der Waals surface area contributed by atoms with E-state index in [1.165, 1.54) is 58.3 Å². The summed E-state index contributed by atoms with van der Waals surface area (Å²) in [4.78, 5) is 2.68. The summed E-state index contributed by atoms with van der Waals surface area (Å²) in [5, 5.41) is 3.50. The minimum atomic E-state index is 0.955. The number of hydrogen-bond acceptors (Lipinski definition) is 2. The van der Waals surface area contributed by atoms with Crippen molar-refractivity contribution in [2.45, 2.75) is 45.1 Å². The van der Waals surface area contributed by atoms with Gasteiger partial charge in [0.1, 0.15) is 0 Å². The Bertz CT molecular complexity index is 160. The van der Waals surface area contributed by atoms with Gasteiger partial charge in [0.05, 0.1) is 0 Å². The summed E-state index contributed by atoms with van der Waals surface area (Å²) >= 11 is 0. The molecule has 82 valence electrons. The lowest BCUT2D eigenvalue weighted by Crippen LogP contribution is -2.34.